The topological polar surface area (TPSA) is 62.6 Å². The van der Waals surface area contributed by atoms with E-state index in [9.17, 15) is 14.4 Å². The van der Waals surface area contributed by atoms with E-state index in [4.69, 9.17) is 0 Å². The summed E-state index contributed by atoms with van der Waals surface area (Å²) in [6.45, 7) is 5.10. The number of likely N-dealkylation sites (tertiary alicyclic amines) is 2. The third kappa shape index (κ3) is 3.55. The van der Waals surface area contributed by atoms with Gasteiger partial charge >= 0.3 is 0 Å². The van der Waals surface area contributed by atoms with Gasteiger partial charge in [0.2, 0.25) is 11.8 Å². The number of hydrogen-bond donors (Lipinski definition) is 0. The van der Waals surface area contributed by atoms with Gasteiger partial charge in [-0.3, -0.25) is 14.4 Å². The van der Waals surface area contributed by atoms with Gasteiger partial charge in [-0.2, -0.15) is 0 Å². The van der Waals surface area contributed by atoms with Crippen LogP contribution in [0.3, 0.4) is 0 Å². The first-order valence-electron chi connectivity index (χ1n) is 10.2. The molecule has 2 aliphatic rings. The lowest BCUT2D eigenvalue weighted by atomic mass is 9.95. The lowest BCUT2D eigenvalue weighted by molar-refractivity contribution is -0.140. The van der Waals surface area contributed by atoms with Crippen LogP contribution in [0, 0.1) is 12.8 Å². The van der Waals surface area contributed by atoms with E-state index < -0.39 is 0 Å². The molecule has 1 aromatic heterocycles. The summed E-state index contributed by atoms with van der Waals surface area (Å²) in [4.78, 5) is 41.5. The number of aromatic nitrogens is 1. The summed E-state index contributed by atoms with van der Waals surface area (Å²) < 4.78 is 1.92. The molecule has 0 saturated carbocycles. The first kappa shape index (κ1) is 18.7. The van der Waals surface area contributed by atoms with Gasteiger partial charge in [-0.1, -0.05) is 12.1 Å². The number of carbonyl (C=O) groups is 2. The molecule has 6 heteroatoms. The zero-order valence-corrected chi connectivity index (χ0v) is 16.4. The van der Waals surface area contributed by atoms with Crippen molar-refractivity contribution in [2.24, 2.45) is 5.92 Å². The standard InChI is InChI=1S/C22H27N3O3/c1-16-14-20(26)18-6-2-3-7-19(18)25(16)15-21(27)23-12-8-17(9-13-23)22(28)24-10-4-5-11-24/h2-3,6-7,14,17H,4-5,8-13,15H2,1H3. The molecule has 2 saturated heterocycles. The van der Waals surface area contributed by atoms with Crippen LogP contribution in [0.2, 0.25) is 0 Å². The SMILES string of the molecule is Cc1cc(=O)c2ccccc2n1CC(=O)N1CCC(C(=O)N2CCCC2)CC1. The van der Waals surface area contributed by atoms with Gasteiger partial charge in [0, 0.05) is 49.2 Å². The molecule has 3 heterocycles. The number of amides is 2. The number of fused-ring (bicyclic) bond motifs is 1. The maximum absolute atomic E-state index is 12.9. The molecule has 2 fully saturated rings. The average Bonchev–Trinajstić information content (AvgIpc) is 3.25. The fraction of sp³-hybridized carbons (Fsp3) is 0.500. The molecule has 6 nitrogen and oxygen atoms in total. The fourth-order valence-corrected chi connectivity index (χ4v) is 4.47. The molecule has 0 spiro atoms. The normalized spacial score (nSPS) is 18.0. The average molecular weight is 381 g/mol. The van der Waals surface area contributed by atoms with Crippen molar-refractivity contribution in [1.29, 1.82) is 0 Å². The Morgan fingerprint density at radius 3 is 2.39 bits per heavy atom. The minimum atomic E-state index is -0.0157. The Morgan fingerprint density at radius 1 is 1.00 bits per heavy atom. The largest absolute Gasteiger partial charge is 0.342 e. The van der Waals surface area contributed by atoms with Crippen LogP contribution in [0.5, 0.6) is 0 Å². The lowest BCUT2D eigenvalue weighted by Gasteiger charge is -2.33. The van der Waals surface area contributed by atoms with Crippen LogP contribution < -0.4 is 5.43 Å². The van der Waals surface area contributed by atoms with Crippen molar-refractivity contribution in [1.82, 2.24) is 14.4 Å². The molecule has 2 aromatic rings. The van der Waals surface area contributed by atoms with Crippen molar-refractivity contribution >= 4 is 22.7 Å². The van der Waals surface area contributed by atoms with Crippen LogP contribution >= 0.6 is 0 Å². The van der Waals surface area contributed by atoms with Gasteiger partial charge in [-0.15, -0.1) is 0 Å². The Balaban J connectivity index is 1.44. The van der Waals surface area contributed by atoms with Gasteiger partial charge in [0.25, 0.3) is 0 Å². The van der Waals surface area contributed by atoms with E-state index in [0.717, 1.165) is 50.0 Å². The van der Waals surface area contributed by atoms with E-state index in [0.29, 0.717) is 18.5 Å². The molecule has 148 valence electrons. The van der Waals surface area contributed by atoms with Gasteiger partial charge in [-0.25, -0.2) is 0 Å². The molecule has 1 aromatic carbocycles. The van der Waals surface area contributed by atoms with Crippen molar-refractivity contribution in [3.8, 4) is 0 Å². The molecule has 28 heavy (non-hydrogen) atoms. The van der Waals surface area contributed by atoms with E-state index in [-0.39, 0.29) is 29.7 Å². The van der Waals surface area contributed by atoms with Crippen molar-refractivity contribution in [3.63, 3.8) is 0 Å². The highest BCUT2D eigenvalue weighted by Gasteiger charge is 2.31. The molecule has 0 aliphatic carbocycles. The smallest absolute Gasteiger partial charge is 0.242 e. The predicted molar refractivity (Wildman–Crippen MR) is 108 cm³/mol. The van der Waals surface area contributed by atoms with E-state index in [2.05, 4.69) is 0 Å². The number of rotatable bonds is 3. The van der Waals surface area contributed by atoms with Crippen LogP contribution in [0.4, 0.5) is 0 Å². The molecule has 0 bridgehead atoms. The third-order valence-corrected chi connectivity index (χ3v) is 6.13. The molecule has 0 radical (unpaired) electrons. The molecule has 2 amide bonds. The Morgan fingerprint density at radius 2 is 1.68 bits per heavy atom. The fourth-order valence-electron chi connectivity index (χ4n) is 4.47. The van der Waals surface area contributed by atoms with Crippen LogP contribution in [-0.4, -0.2) is 52.4 Å². The van der Waals surface area contributed by atoms with E-state index in [1.54, 1.807) is 12.1 Å². The van der Waals surface area contributed by atoms with Gasteiger partial charge in [-0.05, 0) is 44.7 Å². The van der Waals surface area contributed by atoms with Crippen LogP contribution in [-0.2, 0) is 16.1 Å². The molecular formula is C22H27N3O3. The Labute approximate surface area is 164 Å². The lowest BCUT2D eigenvalue weighted by Crippen LogP contribution is -2.44. The van der Waals surface area contributed by atoms with Crippen LogP contribution in [0.25, 0.3) is 10.9 Å². The minimum Gasteiger partial charge on any atom is -0.342 e. The van der Waals surface area contributed by atoms with Gasteiger partial charge in [0.05, 0.1) is 5.52 Å². The zero-order valence-electron chi connectivity index (χ0n) is 16.4. The molecule has 0 N–H and O–H groups in total. The summed E-state index contributed by atoms with van der Waals surface area (Å²) in [6.07, 6.45) is 3.70. The second kappa shape index (κ2) is 7.78. The van der Waals surface area contributed by atoms with Crippen molar-refractivity contribution in [2.45, 2.75) is 39.2 Å². The van der Waals surface area contributed by atoms with Crippen LogP contribution in [0.1, 0.15) is 31.4 Å². The molecule has 0 unspecified atom stereocenters. The summed E-state index contributed by atoms with van der Waals surface area (Å²) in [5, 5.41) is 0.635. The predicted octanol–water partition coefficient (Wildman–Crippen LogP) is 2.17. The second-order valence-electron chi connectivity index (χ2n) is 7.94. The van der Waals surface area contributed by atoms with Gasteiger partial charge < -0.3 is 14.4 Å². The summed E-state index contributed by atoms with van der Waals surface area (Å²) in [6, 6.07) is 9.01. The quantitative estimate of drug-likeness (QED) is 0.819. The number of hydrogen-bond acceptors (Lipinski definition) is 3. The maximum Gasteiger partial charge on any atom is 0.242 e. The van der Waals surface area contributed by atoms with E-state index in [1.807, 2.05) is 39.5 Å². The highest BCUT2D eigenvalue weighted by atomic mass is 16.2. The van der Waals surface area contributed by atoms with Crippen LogP contribution in [0.15, 0.2) is 35.1 Å². The highest BCUT2D eigenvalue weighted by Crippen LogP contribution is 2.22. The summed E-state index contributed by atoms with van der Waals surface area (Å²) in [5.41, 5.74) is 1.56. The number of benzene rings is 1. The molecule has 2 aliphatic heterocycles. The summed E-state index contributed by atoms with van der Waals surface area (Å²) >= 11 is 0. The second-order valence-corrected chi connectivity index (χ2v) is 7.94. The van der Waals surface area contributed by atoms with E-state index >= 15 is 0 Å². The summed E-state index contributed by atoms with van der Waals surface area (Å²) in [7, 11) is 0. The van der Waals surface area contributed by atoms with Gasteiger partial charge in [0.15, 0.2) is 5.43 Å². The molecular weight excluding hydrogens is 354 g/mol. The Kier molecular flexibility index (Phi) is 5.20. The maximum atomic E-state index is 12.9. The number of pyridine rings is 1. The highest BCUT2D eigenvalue weighted by molar-refractivity contribution is 5.83. The number of nitrogens with zero attached hydrogens (tertiary/aromatic N) is 3. The molecule has 4 rings (SSSR count). The minimum absolute atomic E-state index is 0.0157. The first-order chi connectivity index (χ1) is 13.5. The van der Waals surface area contributed by atoms with Crippen molar-refractivity contribution in [3.05, 3.63) is 46.2 Å². The number of aryl methyl sites for hydroxylation is 1. The summed E-state index contributed by atoms with van der Waals surface area (Å²) in [5.74, 6) is 0.368. The Hall–Kier alpha value is -2.63. The number of para-hydroxylation sites is 1. The molecule has 0 atom stereocenters. The monoisotopic (exact) mass is 381 g/mol. The number of piperidine rings is 1. The van der Waals surface area contributed by atoms with Gasteiger partial charge in [0.1, 0.15) is 6.54 Å². The zero-order chi connectivity index (χ0) is 19.7. The Bertz CT molecular complexity index is 951. The van der Waals surface area contributed by atoms with Crippen molar-refractivity contribution < 1.29 is 9.59 Å². The third-order valence-electron chi connectivity index (χ3n) is 6.13. The first-order valence-corrected chi connectivity index (χ1v) is 10.2. The van der Waals surface area contributed by atoms with Crippen molar-refractivity contribution in [2.75, 3.05) is 26.2 Å². The van der Waals surface area contributed by atoms with E-state index in [1.165, 1.54) is 0 Å². The number of carbonyl (C=O) groups excluding carboxylic acids is 2.